The molecule has 3 aromatic heterocycles. The van der Waals surface area contributed by atoms with Gasteiger partial charge in [0, 0.05) is 23.2 Å². The van der Waals surface area contributed by atoms with E-state index in [0.29, 0.717) is 23.5 Å². The van der Waals surface area contributed by atoms with Crippen LogP contribution in [0.15, 0.2) is 63.9 Å². The van der Waals surface area contributed by atoms with Crippen molar-refractivity contribution in [3.05, 3.63) is 70.0 Å². The van der Waals surface area contributed by atoms with E-state index in [4.69, 9.17) is 9.72 Å². The molecule has 32 heavy (non-hydrogen) atoms. The van der Waals surface area contributed by atoms with E-state index in [9.17, 15) is 4.79 Å². The maximum atomic E-state index is 13.0. The van der Waals surface area contributed by atoms with Crippen LogP contribution in [0.3, 0.4) is 0 Å². The molecule has 0 radical (unpaired) electrons. The minimum Gasteiger partial charge on any atom is -0.497 e. The van der Waals surface area contributed by atoms with Gasteiger partial charge in [0.2, 0.25) is 5.78 Å². The molecule has 162 valence electrons. The van der Waals surface area contributed by atoms with Crippen molar-refractivity contribution in [1.29, 1.82) is 0 Å². The molecule has 5 aromatic rings. The predicted octanol–water partition coefficient (Wildman–Crippen LogP) is 4.88. The number of aryl methyl sites for hydroxylation is 1. The van der Waals surface area contributed by atoms with Gasteiger partial charge in [-0.1, -0.05) is 43.0 Å². The lowest BCUT2D eigenvalue weighted by atomic mass is 10.2. The van der Waals surface area contributed by atoms with Crippen LogP contribution in [0.2, 0.25) is 0 Å². The van der Waals surface area contributed by atoms with Gasteiger partial charge >= 0.3 is 0 Å². The number of benzene rings is 2. The Morgan fingerprint density at radius 1 is 1.12 bits per heavy atom. The van der Waals surface area contributed by atoms with Gasteiger partial charge in [-0.15, -0.1) is 21.5 Å². The molecule has 0 N–H and O–H groups in total. The Morgan fingerprint density at radius 3 is 2.84 bits per heavy atom. The highest BCUT2D eigenvalue weighted by Crippen LogP contribution is 2.30. The van der Waals surface area contributed by atoms with Gasteiger partial charge in [-0.2, -0.15) is 0 Å². The molecule has 2 aromatic carbocycles. The predicted molar refractivity (Wildman–Crippen MR) is 129 cm³/mol. The lowest BCUT2D eigenvalue weighted by Crippen LogP contribution is -2.23. The number of methoxy groups -OCH3 is 1. The fourth-order valence-corrected chi connectivity index (χ4v) is 5.41. The molecular formula is C23H21N5O2S2. The van der Waals surface area contributed by atoms with Crippen molar-refractivity contribution in [3.8, 4) is 16.3 Å². The van der Waals surface area contributed by atoms with Gasteiger partial charge < -0.3 is 4.74 Å². The molecule has 0 saturated carbocycles. The largest absolute Gasteiger partial charge is 0.497 e. The zero-order valence-electron chi connectivity index (χ0n) is 17.7. The lowest BCUT2D eigenvalue weighted by Gasteiger charge is -2.10. The summed E-state index contributed by atoms with van der Waals surface area (Å²) in [6.07, 6.45) is 0.842. The Labute approximate surface area is 192 Å². The van der Waals surface area contributed by atoms with Crippen molar-refractivity contribution in [2.45, 2.75) is 30.8 Å². The Balaban J connectivity index is 1.48. The van der Waals surface area contributed by atoms with Gasteiger partial charge in [-0.25, -0.2) is 4.98 Å². The zero-order chi connectivity index (χ0) is 22.1. The monoisotopic (exact) mass is 463 g/mol. The smallest absolute Gasteiger partial charge is 0.262 e. The first-order valence-corrected chi connectivity index (χ1v) is 12.1. The molecule has 0 saturated heterocycles. The third-order valence-electron chi connectivity index (χ3n) is 5.14. The number of ether oxygens (including phenoxy) is 1. The van der Waals surface area contributed by atoms with Crippen molar-refractivity contribution in [2.75, 3.05) is 7.11 Å². The number of thiazole rings is 1. The van der Waals surface area contributed by atoms with Crippen LogP contribution in [0.25, 0.3) is 27.3 Å². The van der Waals surface area contributed by atoms with Crippen LogP contribution in [-0.4, -0.2) is 31.3 Å². The number of hydrogen-bond acceptors (Lipinski definition) is 7. The highest BCUT2D eigenvalue weighted by Gasteiger charge is 2.17. The molecule has 0 amide bonds. The van der Waals surface area contributed by atoms with Crippen LogP contribution in [0.5, 0.6) is 5.75 Å². The highest BCUT2D eigenvalue weighted by atomic mass is 32.2. The van der Waals surface area contributed by atoms with Gasteiger partial charge in [0.25, 0.3) is 5.56 Å². The molecule has 0 fully saturated rings. The molecule has 0 aliphatic carbocycles. The Morgan fingerprint density at radius 2 is 2.00 bits per heavy atom. The van der Waals surface area contributed by atoms with E-state index in [0.717, 1.165) is 39.1 Å². The van der Waals surface area contributed by atoms with Gasteiger partial charge in [0.05, 0.1) is 23.7 Å². The topological polar surface area (TPSA) is 74.3 Å². The van der Waals surface area contributed by atoms with Crippen molar-refractivity contribution in [2.24, 2.45) is 0 Å². The second kappa shape index (κ2) is 8.76. The summed E-state index contributed by atoms with van der Waals surface area (Å²) in [6.45, 7) is 2.65. The maximum absolute atomic E-state index is 13.0. The van der Waals surface area contributed by atoms with E-state index < -0.39 is 0 Å². The van der Waals surface area contributed by atoms with Crippen LogP contribution in [0, 0.1) is 0 Å². The van der Waals surface area contributed by atoms with Crippen LogP contribution in [-0.2, 0) is 12.3 Å². The third kappa shape index (κ3) is 3.67. The molecule has 0 bridgehead atoms. The van der Waals surface area contributed by atoms with Gasteiger partial charge in [-0.05, 0) is 30.7 Å². The van der Waals surface area contributed by atoms with Crippen molar-refractivity contribution >= 4 is 39.8 Å². The first-order valence-electron chi connectivity index (χ1n) is 10.3. The zero-order valence-corrected chi connectivity index (χ0v) is 19.3. The van der Waals surface area contributed by atoms with Crippen molar-refractivity contribution < 1.29 is 4.74 Å². The second-order valence-electron chi connectivity index (χ2n) is 7.26. The highest BCUT2D eigenvalue weighted by molar-refractivity contribution is 7.98. The molecule has 9 heteroatoms. The lowest BCUT2D eigenvalue weighted by molar-refractivity contribution is 0.415. The molecule has 3 heterocycles. The molecule has 0 spiro atoms. The van der Waals surface area contributed by atoms with Gasteiger partial charge in [0.1, 0.15) is 10.8 Å². The number of hydrogen-bond donors (Lipinski definition) is 0. The summed E-state index contributed by atoms with van der Waals surface area (Å²) >= 11 is 3.17. The average molecular weight is 464 g/mol. The molecule has 7 nitrogen and oxygen atoms in total. The second-order valence-corrected chi connectivity index (χ2v) is 9.06. The van der Waals surface area contributed by atoms with Crippen LogP contribution >= 0.6 is 23.1 Å². The Kier molecular flexibility index (Phi) is 5.67. The van der Waals surface area contributed by atoms with Crippen molar-refractivity contribution in [1.82, 2.24) is 24.1 Å². The SMILES string of the molecule is CCCn1c(=O)c2ccccc2n2c(SCc3csc(-c4cccc(OC)c4)n3)nnc12. The molecule has 0 atom stereocenters. The van der Waals surface area contributed by atoms with Crippen LogP contribution < -0.4 is 10.3 Å². The summed E-state index contributed by atoms with van der Waals surface area (Å²) in [5.74, 6) is 2.05. The maximum Gasteiger partial charge on any atom is 0.262 e. The van der Waals surface area contributed by atoms with E-state index in [1.807, 2.05) is 59.9 Å². The number of aromatic nitrogens is 5. The van der Waals surface area contributed by atoms with Crippen molar-refractivity contribution in [3.63, 3.8) is 0 Å². The standard InChI is InChI=1S/C23H21N5O2S2/c1-3-11-27-21(29)18-9-4-5-10-19(18)28-22(27)25-26-23(28)32-14-16-13-31-20(24-16)15-7-6-8-17(12-15)30-2/h4-10,12-13H,3,11,14H2,1-2H3. The number of para-hydroxylation sites is 1. The number of thioether (sulfide) groups is 1. The van der Waals surface area contributed by atoms with E-state index in [2.05, 4.69) is 15.6 Å². The number of fused-ring (bicyclic) bond motifs is 3. The van der Waals surface area contributed by atoms with E-state index >= 15 is 0 Å². The number of nitrogens with zero attached hydrogens (tertiary/aromatic N) is 5. The fraction of sp³-hybridized carbons (Fsp3) is 0.217. The minimum absolute atomic E-state index is 0.0265. The molecular weight excluding hydrogens is 442 g/mol. The van der Waals surface area contributed by atoms with Gasteiger partial charge in [0.15, 0.2) is 5.16 Å². The van der Waals surface area contributed by atoms with E-state index in [1.165, 1.54) is 0 Å². The van der Waals surface area contributed by atoms with E-state index in [1.54, 1.807) is 34.8 Å². The summed E-state index contributed by atoms with van der Waals surface area (Å²) in [7, 11) is 1.66. The minimum atomic E-state index is -0.0265. The Bertz CT molecular complexity index is 1470. The quantitative estimate of drug-likeness (QED) is 0.320. The molecule has 0 aliphatic heterocycles. The van der Waals surface area contributed by atoms with E-state index in [-0.39, 0.29) is 5.56 Å². The van der Waals surface area contributed by atoms with Crippen LogP contribution in [0.1, 0.15) is 19.0 Å². The number of rotatable bonds is 7. The normalized spacial score (nSPS) is 11.4. The first kappa shape index (κ1) is 20.7. The third-order valence-corrected chi connectivity index (χ3v) is 7.05. The first-order chi connectivity index (χ1) is 15.7. The summed E-state index contributed by atoms with van der Waals surface area (Å²) < 4.78 is 9.01. The fourth-order valence-electron chi connectivity index (χ4n) is 3.65. The molecule has 0 unspecified atom stereocenters. The summed E-state index contributed by atoms with van der Waals surface area (Å²) in [6, 6.07) is 15.5. The van der Waals surface area contributed by atoms with Gasteiger partial charge in [-0.3, -0.25) is 13.8 Å². The van der Waals surface area contributed by atoms with Crippen LogP contribution in [0.4, 0.5) is 0 Å². The molecule has 5 rings (SSSR count). The average Bonchev–Trinajstić information content (AvgIpc) is 3.48. The Hall–Kier alpha value is -3.17. The molecule has 0 aliphatic rings. The summed E-state index contributed by atoms with van der Waals surface area (Å²) in [5, 5.41) is 13.2. The summed E-state index contributed by atoms with van der Waals surface area (Å²) in [5.41, 5.74) is 2.80. The summed E-state index contributed by atoms with van der Waals surface area (Å²) in [4.78, 5) is 17.7.